The minimum absolute atomic E-state index is 0.160. The second-order valence-electron chi connectivity index (χ2n) is 4.31. The van der Waals surface area contributed by atoms with Crippen LogP contribution in [0.4, 0.5) is 4.39 Å². The smallest absolute Gasteiger partial charge is 0.136 e. The van der Waals surface area contributed by atoms with E-state index in [9.17, 15) is 4.39 Å². The number of alkyl halides is 1. The summed E-state index contributed by atoms with van der Waals surface area (Å²) >= 11 is 5.86. The molecule has 0 amide bonds. The van der Waals surface area contributed by atoms with Crippen LogP contribution < -0.4 is 5.73 Å². The van der Waals surface area contributed by atoms with Gasteiger partial charge in [0.15, 0.2) is 0 Å². The molecule has 1 aromatic rings. The Hall–Kier alpha value is -0.600. The highest BCUT2D eigenvalue weighted by atomic mass is 35.5. The topological polar surface area (TPSA) is 26.0 Å². The SMILES string of the molecule is NC1CCC(F)(c2cccc(Cl)c2)CC1. The van der Waals surface area contributed by atoms with Gasteiger partial charge in [0.05, 0.1) is 0 Å². The number of benzene rings is 1. The van der Waals surface area contributed by atoms with Crippen LogP contribution in [0.25, 0.3) is 0 Å². The van der Waals surface area contributed by atoms with Crippen LogP contribution in [0.5, 0.6) is 0 Å². The maximum atomic E-state index is 14.5. The lowest BCUT2D eigenvalue weighted by atomic mass is 9.79. The summed E-state index contributed by atoms with van der Waals surface area (Å²) in [5, 5.41) is 0.597. The Balaban J connectivity index is 2.22. The monoisotopic (exact) mass is 227 g/mol. The zero-order chi connectivity index (χ0) is 10.9. The Kier molecular flexibility index (Phi) is 2.98. The van der Waals surface area contributed by atoms with Crippen molar-refractivity contribution < 1.29 is 4.39 Å². The van der Waals surface area contributed by atoms with Gasteiger partial charge in [0.1, 0.15) is 5.67 Å². The minimum Gasteiger partial charge on any atom is -0.328 e. The second-order valence-corrected chi connectivity index (χ2v) is 4.75. The van der Waals surface area contributed by atoms with Gasteiger partial charge in [-0.15, -0.1) is 0 Å². The maximum Gasteiger partial charge on any atom is 0.136 e. The molecule has 82 valence electrons. The van der Waals surface area contributed by atoms with E-state index in [4.69, 9.17) is 17.3 Å². The Morgan fingerprint density at radius 1 is 1.33 bits per heavy atom. The zero-order valence-corrected chi connectivity index (χ0v) is 9.30. The highest BCUT2D eigenvalue weighted by Gasteiger charge is 2.35. The van der Waals surface area contributed by atoms with Gasteiger partial charge in [0.2, 0.25) is 0 Å². The quantitative estimate of drug-likeness (QED) is 0.782. The van der Waals surface area contributed by atoms with Crippen LogP contribution in [-0.4, -0.2) is 6.04 Å². The van der Waals surface area contributed by atoms with Crippen LogP contribution in [0.3, 0.4) is 0 Å². The number of halogens is 2. The molecule has 0 unspecified atom stereocenters. The van der Waals surface area contributed by atoms with Gasteiger partial charge in [-0.25, -0.2) is 4.39 Å². The van der Waals surface area contributed by atoms with E-state index in [1.54, 1.807) is 18.2 Å². The van der Waals surface area contributed by atoms with Crippen molar-refractivity contribution in [2.75, 3.05) is 0 Å². The fourth-order valence-electron chi connectivity index (χ4n) is 2.15. The summed E-state index contributed by atoms with van der Waals surface area (Å²) in [4.78, 5) is 0. The molecule has 15 heavy (non-hydrogen) atoms. The summed E-state index contributed by atoms with van der Waals surface area (Å²) in [6, 6.07) is 7.26. The van der Waals surface area contributed by atoms with E-state index in [2.05, 4.69) is 0 Å². The predicted molar refractivity (Wildman–Crippen MR) is 60.7 cm³/mol. The Labute approximate surface area is 94.4 Å². The number of nitrogens with two attached hydrogens (primary N) is 1. The van der Waals surface area contributed by atoms with Crippen LogP contribution in [-0.2, 0) is 5.67 Å². The predicted octanol–water partition coefficient (Wildman–Crippen LogP) is 3.41. The lowest BCUT2D eigenvalue weighted by molar-refractivity contribution is 0.0979. The normalized spacial score (nSPS) is 31.5. The zero-order valence-electron chi connectivity index (χ0n) is 8.55. The first kappa shape index (κ1) is 10.9. The summed E-state index contributed by atoms with van der Waals surface area (Å²) < 4.78 is 14.5. The van der Waals surface area contributed by atoms with Crippen LogP contribution in [0.2, 0.25) is 5.02 Å². The van der Waals surface area contributed by atoms with E-state index in [0.29, 0.717) is 23.4 Å². The molecule has 1 saturated carbocycles. The summed E-state index contributed by atoms with van der Waals surface area (Å²) in [6.07, 6.45) is 2.52. The molecule has 0 spiro atoms. The second kappa shape index (κ2) is 4.11. The van der Waals surface area contributed by atoms with Gasteiger partial charge in [0.25, 0.3) is 0 Å². The molecule has 1 nitrogen and oxygen atoms in total. The molecule has 0 atom stereocenters. The molecule has 1 aliphatic carbocycles. The van der Waals surface area contributed by atoms with E-state index in [1.807, 2.05) is 6.07 Å². The van der Waals surface area contributed by atoms with Crippen molar-refractivity contribution in [1.82, 2.24) is 0 Å². The highest BCUT2D eigenvalue weighted by Crippen LogP contribution is 2.40. The largest absolute Gasteiger partial charge is 0.328 e. The van der Waals surface area contributed by atoms with Crippen molar-refractivity contribution in [3.05, 3.63) is 34.9 Å². The van der Waals surface area contributed by atoms with E-state index >= 15 is 0 Å². The third-order valence-electron chi connectivity index (χ3n) is 3.16. The molecule has 1 fully saturated rings. The van der Waals surface area contributed by atoms with Crippen LogP contribution in [0.15, 0.2) is 24.3 Å². The molecular formula is C12H15ClFN. The number of hydrogen-bond donors (Lipinski definition) is 1. The van der Waals surface area contributed by atoms with Gasteiger partial charge < -0.3 is 5.73 Å². The Morgan fingerprint density at radius 3 is 2.60 bits per heavy atom. The summed E-state index contributed by atoms with van der Waals surface area (Å²) in [6.45, 7) is 0. The summed E-state index contributed by atoms with van der Waals surface area (Å²) in [7, 11) is 0. The molecule has 0 radical (unpaired) electrons. The molecule has 0 aliphatic heterocycles. The fraction of sp³-hybridized carbons (Fsp3) is 0.500. The molecule has 3 heteroatoms. The first-order chi connectivity index (χ1) is 7.10. The van der Waals surface area contributed by atoms with Crippen molar-refractivity contribution >= 4 is 11.6 Å². The van der Waals surface area contributed by atoms with E-state index in [-0.39, 0.29) is 6.04 Å². The van der Waals surface area contributed by atoms with E-state index in [1.165, 1.54) is 0 Å². The third-order valence-corrected chi connectivity index (χ3v) is 3.40. The van der Waals surface area contributed by atoms with Gasteiger partial charge >= 0.3 is 0 Å². The van der Waals surface area contributed by atoms with Crippen molar-refractivity contribution in [3.63, 3.8) is 0 Å². The Bertz CT molecular complexity index is 345. The minimum atomic E-state index is -1.22. The summed E-state index contributed by atoms with van der Waals surface area (Å²) in [5.74, 6) is 0. The molecule has 1 aromatic carbocycles. The van der Waals surface area contributed by atoms with E-state index in [0.717, 1.165) is 12.8 Å². The molecule has 0 bridgehead atoms. The van der Waals surface area contributed by atoms with Crippen molar-refractivity contribution in [2.45, 2.75) is 37.4 Å². The molecule has 0 aromatic heterocycles. The van der Waals surface area contributed by atoms with Gasteiger partial charge in [-0.1, -0.05) is 23.7 Å². The third kappa shape index (κ3) is 2.32. The average Bonchev–Trinajstić information content (AvgIpc) is 2.23. The van der Waals surface area contributed by atoms with Gasteiger partial charge in [-0.3, -0.25) is 0 Å². The maximum absolute atomic E-state index is 14.5. The fourth-order valence-corrected chi connectivity index (χ4v) is 2.34. The van der Waals surface area contributed by atoms with Gasteiger partial charge in [0, 0.05) is 11.1 Å². The van der Waals surface area contributed by atoms with Crippen LogP contribution in [0.1, 0.15) is 31.2 Å². The average molecular weight is 228 g/mol. The molecule has 0 heterocycles. The van der Waals surface area contributed by atoms with Crippen molar-refractivity contribution in [1.29, 1.82) is 0 Å². The molecule has 2 N–H and O–H groups in total. The van der Waals surface area contributed by atoms with Crippen molar-refractivity contribution in [3.8, 4) is 0 Å². The van der Waals surface area contributed by atoms with Crippen LogP contribution in [0, 0.1) is 0 Å². The van der Waals surface area contributed by atoms with E-state index < -0.39 is 5.67 Å². The lowest BCUT2D eigenvalue weighted by Gasteiger charge is -2.32. The number of rotatable bonds is 1. The van der Waals surface area contributed by atoms with Gasteiger partial charge in [-0.05, 0) is 43.4 Å². The first-order valence-electron chi connectivity index (χ1n) is 5.31. The standard InChI is InChI=1S/C12H15ClFN/c13-10-3-1-2-9(8-10)12(14)6-4-11(15)5-7-12/h1-3,8,11H,4-7,15H2. The van der Waals surface area contributed by atoms with Crippen molar-refractivity contribution in [2.24, 2.45) is 5.73 Å². The lowest BCUT2D eigenvalue weighted by Crippen LogP contribution is -2.33. The first-order valence-corrected chi connectivity index (χ1v) is 5.68. The summed E-state index contributed by atoms with van der Waals surface area (Å²) in [5.41, 5.74) is 5.25. The highest BCUT2D eigenvalue weighted by molar-refractivity contribution is 6.30. The van der Waals surface area contributed by atoms with Crippen LogP contribution >= 0.6 is 11.6 Å². The van der Waals surface area contributed by atoms with Gasteiger partial charge in [-0.2, -0.15) is 0 Å². The Morgan fingerprint density at radius 2 is 2.00 bits per heavy atom. The molecular weight excluding hydrogens is 213 g/mol. The molecule has 0 saturated heterocycles. The number of hydrogen-bond acceptors (Lipinski definition) is 1. The molecule has 1 aliphatic rings. The molecule has 2 rings (SSSR count).